The van der Waals surface area contributed by atoms with E-state index in [-0.39, 0.29) is 5.57 Å². The number of carbonyl (C=O) groups excluding carboxylic acids is 1. The van der Waals surface area contributed by atoms with Crippen molar-refractivity contribution < 1.29 is 14.3 Å². The fraction of sp³-hybridized carbons (Fsp3) is 0.0667. The number of halogens is 1. The van der Waals surface area contributed by atoms with Crippen molar-refractivity contribution in [3.05, 3.63) is 130 Å². The van der Waals surface area contributed by atoms with Crippen molar-refractivity contribution in [2.24, 2.45) is 0 Å². The van der Waals surface area contributed by atoms with Crippen molar-refractivity contribution in [1.29, 1.82) is 5.26 Å². The number of para-hydroxylation sites is 1. The third-order valence-corrected chi connectivity index (χ3v) is 5.50. The van der Waals surface area contributed by atoms with Crippen LogP contribution in [0.4, 0.5) is 5.69 Å². The number of anilines is 1. The predicted molar refractivity (Wildman–Crippen MR) is 142 cm³/mol. The van der Waals surface area contributed by atoms with Gasteiger partial charge in [-0.05, 0) is 59.7 Å². The van der Waals surface area contributed by atoms with Crippen molar-refractivity contribution >= 4 is 29.3 Å². The molecule has 4 aromatic rings. The maximum Gasteiger partial charge on any atom is 0.266 e. The number of rotatable bonds is 9. The van der Waals surface area contributed by atoms with Crippen LogP contribution in [-0.4, -0.2) is 5.91 Å². The molecule has 0 heterocycles. The lowest BCUT2D eigenvalue weighted by atomic mass is 10.1. The molecule has 0 unspecified atom stereocenters. The molecule has 178 valence electrons. The Morgan fingerprint density at radius 2 is 1.44 bits per heavy atom. The van der Waals surface area contributed by atoms with Gasteiger partial charge in [0, 0.05) is 16.3 Å². The predicted octanol–water partition coefficient (Wildman–Crippen LogP) is 7.04. The van der Waals surface area contributed by atoms with Gasteiger partial charge in [-0.3, -0.25) is 4.79 Å². The second-order valence-electron chi connectivity index (χ2n) is 7.88. The Hall–Kier alpha value is -4.53. The fourth-order valence-corrected chi connectivity index (χ4v) is 3.48. The van der Waals surface area contributed by atoms with E-state index in [1.54, 1.807) is 30.3 Å². The number of nitriles is 1. The maximum atomic E-state index is 12.8. The minimum absolute atomic E-state index is 0.0335. The van der Waals surface area contributed by atoms with Gasteiger partial charge in [-0.1, -0.05) is 72.3 Å². The number of nitrogens with one attached hydrogen (secondary N) is 1. The van der Waals surface area contributed by atoms with Crippen molar-refractivity contribution in [2.75, 3.05) is 5.32 Å². The van der Waals surface area contributed by atoms with Crippen LogP contribution >= 0.6 is 11.6 Å². The first kappa shape index (κ1) is 24.6. The standard InChI is InChI=1S/C30H23ClN2O3/c31-26-12-10-23(11-13-26)20-35-28-16-14-27(15-17-28)33-30(34)25(19-32)18-24-8-4-5-9-29(24)36-21-22-6-2-1-3-7-22/h1-18H,20-21H2,(H,33,34)/b25-18+. The number of benzene rings is 4. The molecule has 5 nitrogen and oxygen atoms in total. The highest BCUT2D eigenvalue weighted by atomic mass is 35.5. The molecule has 0 saturated heterocycles. The van der Waals surface area contributed by atoms with E-state index < -0.39 is 5.91 Å². The van der Waals surface area contributed by atoms with Crippen LogP contribution in [0.15, 0.2) is 109 Å². The van der Waals surface area contributed by atoms with Gasteiger partial charge >= 0.3 is 0 Å². The summed E-state index contributed by atoms with van der Waals surface area (Å²) in [7, 11) is 0. The zero-order chi connectivity index (χ0) is 25.2. The Balaban J connectivity index is 1.39. The Kier molecular flexibility index (Phi) is 8.37. The third kappa shape index (κ3) is 6.99. The van der Waals surface area contributed by atoms with Crippen LogP contribution in [0, 0.1) is 11.3 Å². The third-order valence-electron chi connectivity index (χ3n) is 5.25. The van der Waals surface area contributed by atoms with E-state index in [2.05, 4.69) is 5.32 Å². The highest BCUT2D eigenvalue weighted by Crippen LogP contribution is 2.23. The molecular weight excluding hydrogens is 472 g/mol. The zero-order valence-electron chi connectivity index (χ0n) is 19.4. The van der Waals surface area contributed by atoms with Gasteiger partial charge in [0.25, 0.3) is 5.91 Å². The summed E-state index contributed by atoms with van der Waals surface area (Å²) >= 11 is 5.91. The molecule has 0 spiro atoms. The van der Waals surface area contributed by atoms with Crippen LogP contribution in [0.3, 0.4) is 0 Å². The van der Waals surface area contributed by atoms with Crippen LogP contribution in [0.1, 0.15) is 16.7 Å². The minimum Gasteiger partial charge on any atom is -0.489 e. The lowest BCUT2D eigenvalue weighted by Gasteiger charge is -2.10. The Labute approximate surface area is 215 Å². The van der Waals surface area contributed by atoms with E-state index in [9.17, 15) is 10.1 Å². The summed E-state index contributed by atoms with van der Waals surface area (Å²) in [5.74, 6) is 0.734. The van der Waals surface area contributed by atoms with E-state index in [4.69, 9.17) is 21.1 Å². The molecule has 0 saturated carbocycles. The highest BCUT2D eigenvalue weighted by molar-refractivity contribution is 6.30. The minimum atomic E-state index is -0.509. The molecule has 0 radical (unpaired) electrons. The summed E-state index contributed by atoms with van der Waals surface area (Å²) in [6, 6.07) is 33.4. The molecule has 36 heavy (non-hydrogen) atoms. The molecule has 6 heteroatoms. The van der Waals surface area contributed by atoms with Crippen molar-refractivity contribution in [3.8, 4) is 17.6 Å². The first-order chi connectivity index (χ1) is 17.6. The van der Waals surface area contributed by atoms with Gasteiger partial charge in [0.2, 0.25) is 0 Å². The molecule has 1 amide bonds. The fourth-order valence-electron chi connectivity index (χ4n) is 3.35. The van der Waals surface area contributed by atoms with E-state index in [0.29, 0.717) is 41.0 Å². The molecule has 4 aromatic carbocycles. The summed E-state index contributed by atoms with van der Waals surface area (Å²) in [5, 5.41) is 13.1. The van der Waals surface area contributed by atoms with E-state index in [1.807, 2.05) is 78.9 Å². The van der Waals surface area contributed by atoms with Crippen LogP contribution in [-0.2, 0) is 18.0 Å². The maximum absolute atomic E-state index is 12.8. The summed E-state index contributed by atoms with van der Waals surface area (Å²) in [5.41, 5.74) is 3.18. The van der Waals surface area contributed by atoms with Gasteiger partial charge in [0.1, 0.15) is 36.4 Å². The van der Waals surface area contributed by atoms with Gasteiger partial charge in [-0.15, -0.1) is 0 Å². The van der Waals surface area contributed by atoms with Gasteiger partial charge in [0.05, 0.1) is 0 Å². The number of hydrogen-bond donors (Lipinski definition) is 1. The summed E-state index contributed by atoms with van der Waals surface area (Å²) < 4.78 is 11.7. The van der Waals surface area contributed by atoms with Crippen LogP contribution in [0.5, 0.6) is 11.5 Å². The SMILES string of the molecule is N#C/C(=C\c1ccccc1OCc1ccccc1)C(=O)Nc1ccc(OCc2ccc(Cl)cc2)cc1. The molecule has 0 atom stereocenters. The quantitative estimate of drug-likeness (QED) is 0.200. The molecule has 0 bridgehead atoms. The van der Waals surface area contributed by atoms with Gasteiger partial charge < -0.3 is 14.8 Å². The first-order valence-electron chi connectivity index (χ1n) is 11.3. The molecule has 1 N–H and O–H groups in total. The topological polar surface area (TPSA) is 71.3 Å². The molecular formula is C30H23ClN2O3. The van der Waals surface area contributed by atoms with Crippen molar-refractivity contribution in [2.45, 2.75) is 13.2 Å². The Bertz CT molecular complexity index is 1380. The Morgan fingerprint density at radius 3 is 2.17 bits per heavy atom. The van der Waals surface area contributed by atoms with E-state index in [0.717, 1.165) is 11.1 Å². The van der Waals surface area contributed by atoms with Crippen molar-refractivity contribution in [1.82, 2.24) is 0 Å². The molecule has 0 aliphatic heterocycles. The van der Waals surface area contributed by atoms with E-state index in [1.165, 1.54) is 6.08 Å². The zero-order valence-corrected chi connectivity index (χ0v) is 20.1. The molecule has 0 aromatic heterocycles. The summed E-state index contributed by atoms with van der Waals surface area (Å²) in [6.07, 6.45) is 1.53. The van der Waals surface area contributed by atoms with Gasteiger partial charge in [-0.25, -0.2) is 0 Å². The average molecular weight is 495 g/mol. The summed E-state index contributed by atoms with van der Waals surface area (Å²) in [6.45, 7) is 0.780. The number of amides is 1. The Morgan fingerprint density at radius 1 is 0.806 bits per heavy atom. The number of carbonyl (C=O) groups is 1. The molecule has 0 aliphatic carbocycles. The number of nitrogens with zero attached hydrogens (tertiary/aromatic N) is 1. The first-order valence-corrected chi connectivity index (χ1v) is 11.6. The normalized spacial score (nSPS) is 10.8. The van der Waals surface area contributed by atoms with Crippen LogP contribution < -0.4 is 14.8 Å². The largest absolute Gasteiger partial charge is 0.489 e. The van der Waals surface area contributed by atoms with Crippen LogP contribution in [0.25, 0.3) is 6.08 Å². The van der Waals surface area contributed by atoms with Gasteiger partial charge in [-0.2, -0.15) is 5.26 Å². The second kappa shape index (κ2) is 12.3. The van der Waals surface area contributed by atoms with Gasteiger partial charge in [0.15, 0.2) is 0 Å². The lowest BCUT2D eigenvalue weighted by Crippen LogP contribution is -2.13. The van der Waals surface area contributed by atoms with E-state index >= 15 is 0 Å². The van der Waals surface area contributed by atoms with Crippen molar-refractivity contribution in [3.63, 3.8) is 0 Å². The molecule has 0 aliphatic rings. The summed E-state index contributed by atoms with van der Waals surface area (Å²) in [4.78, 5) is 12.8. The molecule has 0 fully saturated rings. The number of ether oxygens (including phenoxy) is 2. The van der Waals surface area contributed by atoms with Crippen LogP contribution in [0.2, 0.25) is 5.02 Å². The molecule has 4 rings (SSSR count). The average Bonchev–Trinajstić information content (AvgIpc) is 2.92. The monoisotopic (exact) mass is 494 g/mol. The second-order valence-corrected chi connectivity index (χ2v) is 8.31. The smallest absolute Gasteiger partial charge is 0.266 e. The highest BCUT2D eigenvalue weighted by Gasteiger charge is 2.12. The lowest BCUT2D eigenvalue weighted by molar-refractivity contribution is -0.112. The number of hydrogen-bond acceptors (Lipinski definition) is 4.